The van der Waals surface area contributed by atoms with Crippen molar-refractivity contribution in [2.75, 3.05) is 0 Å². The van der Waals surface area contributed by atoms with Crippen LogP contribution in [0.3, 0.4) is 0 Å². The Bertz CT molecular complexity index is 514. The van der Waals surface area contributed by atoms with Crippen LogP contribution in [0.25, 0.3) is 0 Å². The summed E-state index contributed by atoms with van der Waals surface area (Å²) >= 11 is 0. The molecule has 2 aromatic heterocycles. The van der Waals surface area contributed by atoms with E-state index in [1.807, 2.05) is 12.4 Å². The van der Waals surface area contributed by atoms with Gasteiger partial charge in [-0.15, -0.1) is 0 Å². The van der Waals surface area contributed by atoms with Crippen LogP contribution in [0, 0.1) is 0 Å². The molecule has 2 heterocycles. The highest BCUT2D eigenvalue weighted by molar-refractivity contribution is 5.03. The summed E-state index contributed by atoms with van der Waals surface area (Å²) in [5.74, 6) is 0. The first kappa shape index (κ1) is 14.8. The normalized spacial score (nSPS) is 12.8. The van der Waals surface area contributed by atoms with Crippen LogP contribution >= 0.6 is 0 Å². The van der Waals surface area contributed by atoms with Crippen LogP contribution in [0.2, 0.25) is 0 Å². The number of nitrogens with one attached hydrogen (secondary N) is 1. The molecule has 0 saturated carbocycles. The van der Waals surface area contributed by atoms with Crippen molar-refractivity contribution in [3.05, 3.63) is 35.9 Å². The van der Waals surface area contributed by atoms with E-state index >= 15 is 0 Å². The van der Waals surface area contributed by atoms with Gasteiger partial charge in [0.15, 0.2) is 0 Å². The van der Waals surface area contributed by atoms with E-state index in [9.17, 15) is 0 Å². The minimum absolute atomic E-state index is 0.451. The van der Waals surface area contributed by atoms with Crippen molar-refractivity contribution < 1.29 is 0 Å². The number of rotatable bonds is 8. The molecule has 0 aliphatic rings. The van der Waals surface area contributed by atoms with E-state index in [1.54, 1.807) is 0 Å². The van der Waals surface area contributed by atoms with Gasteiger partial charge in [-0.1, -0.05) is 13.8 Å². The summed E-state index contributed by atoms with van der Waals surface area (Å²) in [6.07, 6.45) is 5.95. The second kappa shape index (κ2) is 7.24. The Morgan fingerprint density at radius 1 is 1.10 bits per heavy atom. The van der Waals surface area contributed by atoms with E-state index in [0.29, 0.717) is 6.04 Å². The molecule has 20 heavy (non-hydrogen) atoms. The predicted molar refractivity (Wildman–Crippen MR) is 80.3 cm³/mol. The Hall–Kier alpha value is -1.62. The Kier molecular flexibility index (Phi) is 5.35. The largest absolute Gasteiger partial charge is 0.306 e. The molecule has 0 aliphatic carbocycles. The predicted octanol–water partition coefficient (Wildman–Crippen LogP) is 2.75. The quantitative estimate of drug-likeness (QED) is 0.806. The number of aromatic nitrogens is 4. The molecule has 0 saturated heterocycles. The summed E-state index contributed by atoms with van der Waals surface area (Å²) in [5.41, 5.74) is 2.47. The van der Waals surface area contributed by atoms with Gasteiger partial charge in [-0.25, -0.2) is 0 Å². The zero-order chi connectivity index (χ0) is 14.4. The Morgan fingerprint density at radius 3 is 2.55 bits per heavy atom. The Labute approximate surface area is 121 Å². The van der Waals surface area contributed by atoms with E-state index in [1.165, 1.54) is 11.4 Å². The topological polar surface area (TPSA) is 47.7 Å². The van der Waals surface area contributed by atoms with Gasteiger partial charge < -0.3 is 5.32 Å². The SMILES string of the molecule is CCCn1nccc1CNCc1ccnn1C(C)CC. The zero-order valence-electron chi connectivity index (χ0n) is 12.7. The van der Waals surface area contributed by atoms with Gasteiger partial charge in [0.25, 0.3) is 0 Å². The minimum atomic E-state index is 0.451. The molecule has 1 unspecified atom stereocenters. The molecule has 2 rings (SSSR count). The molecule has 5 heteroatoms. The maximum Gasteiger partial charge on any atom is 0.0525 e. The monoisotopic (exact) mass is 275 g/mol. The van der Waals surface area contributed by atoms with E-state index in [4.69, 9.17) is 0 Å². The third kappa shape index (κ3) is 3.48. The summed E-state index contributed by atoms with van der Waals surface area (Å²) < 4.78 is 4.18. The van der Waals surface area contributed by atoms with Gasteiger partial charge in [-0.3, -0.25) is 9.36 Å². The lowest BCUT2D eigenvalue weighted by molar-refractivity contribution is 0.449. The first-order valence-corrected chi connectivity index (χ1v) is 7.50. The minimum Gasteiger partial charge on any atom is -0.306 e. The van der Waals surface area contributed by atoms with Crippen molar-refractivity contribution in [1.82, 2.24) is 24.9 Å². The average Bonchev–Trinajstić information content (AvgIpc) is 3.08. The molecule has 0 fully saturated rings. The van der Waals surface area contributed by atoms with Crippen LogP contribution in [0.4, 0.5) is 0 Å². The van der Waals surface area contributed by atoms with Crippen molar-refractivity contribution >= 4 is 0 Å². The highest BCUT2D eigenvalue weighted by Gasteiger charge is 2.08. The third-order valence-corrected chi connectivity index (χ3v) is 3.61. The summed E-state index contributed by atoms with van der Waals surface area (Å²) in [7, 11) is 0. The number of hydrogen-bond donors (Lipinski definition) is 1. The van der Waals surface area contributed by atoms with Crippen LogP contribution in [0.15, 0.2) is 24.5 Å². The number of nitrogens with zero attached hydrogens (tertiary/aromatic N) is 4. The van der Waals surface area contributed by atoms with Gasteiger partial charge >= 0.3 is 0 Å². The molecule has 0 amide bonds. The van der Waals surface area contributed by atoms with Gasteiger partial charge in [0.2, 0.25) is 0 Å². The van der Waals surface area contributed by atoms with Crippen LogP contribution in [-0.2, 0) is 19.6 Å². The van der Waals surface area contributed by atoms with Crippen molar-refractivity contribution in [2.24, 2.45) is 0 Å². The molecule has 2 aromatic rings. The van der Waals surface area contributed by atoms with E-state index in [2.05, 4.69) is 57.8 Å². The molecule has 110 valence electrons. The lowest BCUT2D eigenvalue weighted by Gasteiger charge is -2.14. The molecule has 1 atom stereocenters. The lowest BCUT2D eigenvalue weighted by Crippen LogP contribution is -2.20. The fraction of sp³-hybridized carbons (Fsp3) is 0.600. The zero-order valence-corrected chi connectivity index (χ0v) is 12.7. The Balaban J connectivity index is 1.90. The molecule has 1 N–H and O–H groups in total. The molecular formula is C15H25N5. The van der Waals surface area contributed by atoms with E-state index < -0.39 is 0 Å². The van der Waals surface area contributed by atoms with Crippen molar-refractivity contribution in [1.29, 1.82) is 0 Å². The van der Waals surface area contributed by atoms with Crippen molar-refractivity contribution in [3.63, 3.8) is 0 Å². The van der Waals surface area contributed by atoms with Crippen molar-refractivity contribution in [3.8, 4) is 0 Å². The highest BCUT2D eigenvalue weighted by atomic mass is 15.3. The fourth-order valence-electron chi connectivity index (χ4n) is 2.29. The average molecular weight is 275 g/mol. The first-order valence-electron chi connectivity index (χ1n) is 7.50. The maximum absolute atomic E-state index is 4.41. The molecule has 0 spiro atoms. The maximum atomic E-state index is 4.41. The molecule has 0 aliphatic heterocycles. The lowest BCUT2D eigenvalue weighted by atomic mass is 10.2. The first-order chi connectivity index (χ1) is 9.76. The molecule has 0 radical (unpaired) electrons. The Morgan fingerprint density at radius 2 is 1.80 bits per heavy atom. The van der Waals surface area contributed by atoms with Gasteiger partial charge in [-0.05, 0) is 31.9 Å². The van der Waals surface area contributed by atoms with Gasteiger partial charge in [0, 0.05) is 38.1 Å². The summed E-state index contributed by atoms with van der Waals surface area (Å²) in [4.78, 5) is 0. The summed E-state index contributed by atoms with van der Waals surface area (Å²) in [5, 5.41) is 12.2. The second-order valence-corrected chi connectivity index (χ2v) is 5.17. The molecule has 0 aromatic carbocycles. The van der Waals surface area contributed by atoms with E-state index in [0.717, 1.165) is 32.5 Å². The van der Waals surface area contributed by atoms with Crippen LogP contribution in [0.1, 0.15) is 51.0 Å². The van der Waals surface area contributed by atoms with Crippen LogP contribution in [0.5, 0.6) is 0 Å². The molecule has 0 bridgehead atoms. The summed E-state index contributed by atoms with van der Waals surface area (Å²) in [6, 6.07) is 4.62. The number of aryl methyl sites for hydroxylation is 1. The molecular weight excluding hydrogens is 250 g/mol. The second-order valence-electron chi connectivity index (χ2n) is 5.17. The highest BCUT2D eigenvalue weighted by Crippen LogP contribution is 2.12. The van der Waals surface area contributed by atoms with Gasteiger partial charge in [0.05, 0.1) is 11.4 Å². The number of hydrogen-bond acceptors (Lipinski definition) is 3. The van der Waals surface area contributed by atoms with Gasteiger partial charge in [-0.2, -0.15) is 10.2 Å². The molecule has 5 nitrogen and oxygen atoms in total. The summed E-state index contributed by atoms with van der Waals surface area (Å²) in [6.45, 7) is 9.21. The van der Waals surface area contributed by atoms with Crippen LogP contribution in [-0.4, -0.2) is 19.6 Å². The fourth-order valence-corrected chi connectivity index (χ4v) is 2.29. The van der Waals surface area contributed by atoms with E-state index in [-0.39, 0.29) is 0 Å². The smallest absolute Gasteiger partial charge is 0.0525 e. The third-order valence-electron chi connectivity index (χ3n) is 3.61. The van der Waals surface area contributed by atoms with Crippen molar-refractivity contribution in [2.45, 2.75) is 59.3 Å². The standard InChI is InChI=1S/C15H25N5/c1-4-10-19-14(6-8-17-19)11-16-12-15-7-9-18-20(15)13(3)5-2/h6-9,13,16H,4-5,10-12H2,1-3H3. The van der Waals surface area contributed by atoms with Crippen LogP contribution < -0.4 is 5.32 Å². The van der Waals surface area contributed by atoms with Gasteiger partial charge in [0.1, 0.15) is 0 Å².